The molecule has 0 spiro atoms. The van der Waals surface area contributed by atoms with E-state index >= 15 is 0 Å². The molecule has 15 heavy (non-hydrogen) atoms. The highest BCUT2D eigenvalue weighted by Crippen LogP contribution is 2.15. The topological polar surface area (TPSA) is 47.6 Å². The molecule has 0 atom stereocenters. The number of amides is 1. The first-order valence-electron chi connectivity index (χ1n) is 4.78. The van der Waals surface area contributed by atoms with Crippen LogP contribution in [0.3, 0.4) is 0 Å². The van der Waals surface area contributed by atoms with Crippen LogP contribution in [-0.2, 0) is 16.1 Å². The van der Waals surface area contributed by atoms with Crippen molar-refractivity contribution >= 4 is 11.8 Å². The SMILES string of the molecule is CCOC(=O)Nc1ccccc1COC. The molecule has 4 nitrogen and oxygen atoms in total. The van der Waals surface area contributed by atoms with Gasteiger partial charge in [0.15, 0.2) is 0 Å². The maximum Gasteiger partial charge on any atom is 0.411 e. The van der Waals surface area contributed by atoms with Crippen LogP contribution in [0.4, 0.5) is 10.5 Å². The molecule has 82 valence electrons. The Morgan fingerprint density at radius 2 is 2.13 bits per heavy atom. The lowest BCUT2D eigenvalue weighted by Gasteiger charge is -2.09. The fourth-order valence-electron chi connectivity index (χ4n) is 1.20. The van der Waals surface area contributed by atoms with Crippen LogP contribution >= 0.6 is 0 Å². The number of hydrogen-bond donors (Lipinski definition) is 1. The van der Waals surface area contributed by atoms with Gasteiger partial charge in [0.05, 0.1) is 13.2 Å². The molecule has 0 heterocycles. The third-order valence-corrected chi connectivity index (χ3v) is 1.83. The largest absolute Gasteiger partial charge is 0.450 e. The van der Waals surface area contributed by atoms with Crippen LogP contribution in [0.15, 0.2) is 24.3 Å². The molecule has 1 rings (SSSR count). The van der Waals surface area contributed by atoms with E-state index in [0.29, 0.717) is 13.2 Å². The second-order valence-corrected chi connectivity index (χ2v) is 2.94. The highest BCUT2D eigenvalue weighted by molar-refractivity contribution is 5.85. The smallest absolute Gasteiger partial charge is 0.411 e. The Morgan fingerprint density at radius 3 is 2.80 bits per heavy atom. The lowest BCUT2D eigenvalue weighted by atomic mass is 10.2. The van der Waals surface area contributed by atoms with Crippen molar-refractivity contribution in [1.82, 2.24) is 0 Å². The number of nitrogens with one attached hydrogen (secondary N) is 1. The average molecular weight is 209 g/mol. The van der Waals surface area contributed by atoms with E-state index in [4.69, 9.17) is 9.47 Å². The molecule has 0 aromatic heterocycles. The van der Waals surface area contributed by atoms with E-state index in [9.17, 15) is 4.79 Å². The summed E-state index contributed by atoms with van der Waals surface area (Å²) in [4.78, 5) is 11.2. The molecule has 0 saturated heterocycles. The van der Waals surface area contributed by atoms with Gasteiger partial charge in [0.1, 0.15) is 0 Å². The minimum atomic E-state index is -0.443. The third kappa shape index (κ3) is 3.59. The first kappa shape index (κ1) is 11.5. The van der Waals surface area contributed by atoms with Crippen molar-refractivity contribution < 1.29 is 14.3 Å². The molecule has 1 N–H and O–H groups in total. The maximum atomic E-state index is 11.2. The monoisotopic (exact) mass is 209 g/mol. The van der Waals surface area contributed by atoms with Crippen LogP contribution in [0, 0.1) is 0 Å². The molecule has 1 aromatic rings. The van der Waals surface area contributed by atoms with Crippen molar-refractivity contribution in [3.05, 3.63) is 29.8 Å². The molecule has 0 bridgehead atoms. The number of para-hydroxylation sites is 1. The summed E-state index contributed by atoms with van der Waals surface area (Å²) in [5, 5.41) is 2.66. The molecule has 0 aliphatic carbocycles. The first-order chi connectivity index (χ1) is 7.27. The van der Waals surface area contributed by atoms with E-state index in [0.717, 1.165) is 11.3 Å². The summed E-state index contributed by atoms with van der Waals surface area (Å²) in [5.41, 5.74) is 1.64. The molecule has 0 fully saturated rings. The highest BCUT2D eigenvalue weighted by atomic mass is 16.5. The minimum absolute atomic E-state index is 0.359. The second kappa shape index (κ2) is 6.03. The van der Waals surface area contributed by atoms with Gasteiger partial charge < -0.3 is 9.47 Å². The average Bonchev–Trinajstić information content (AvgIpc) is 2.21. The summed E-state index contributed by atoms with van der Waals surface area (Å²) in [7, 11) is 1.61. The Balaban J connectivity index is 2.70. The molecule has 0 aliphatic heterocycles. The molecule has 0 radical (unpaired) electrons. The van der Waals surface area contributed by atoms with E-state index in [-0.39, 0.29) is 0 Å². The number of methoxy groups -OCH3 is 1. The van der Waals surface area contributed by atoms with Crippen molar-refractivity contribution in [1.29, 1.82) is 0 Å². The predicted molar refractivity (Wildman–Crippen MR) is 57.8 cm³/mol. The van der Waals surface area contributed by atoms with Crippen LogP contribution in [-0.4, -0.2) is 19.8 Å². The summed E-state index contributed by atoms with van der Waals surface area (Å²) in [6, 6.07) is 7.45. The molecule has 0 saturated carbocycles. The Kier molecular flexibility index (Phi) is 4.63. The second-order valence-electron chi connectivity index (χ2n) is 2.94. The number of carbonyl (C=O) groups is 1. The van der Waals surface area contributed by atoms with Gasteiger partial charge in [-0.25, -0.2) is 4.79 Å². The van der Waals surface area contributed by atoms with E-state index in [1.54, 1.807) is 14.0 Å². The Hall–Kier alpha value is -1.55. The van der Waals surface area contributed by atoms with Crippen LogP contribution in [0.1, 0.15) is 12.5 Å². The molecular weight excluding hydrogens is 194 g/mol. The molecule has 0 unspecified atom stereocenters. The number of anilines is 1. The number of benzene rings is 1. The molecule has 1 aromatic carbocycles. The normalized spacial score (nSPS) is 9.73. The van der Waals surface area contributed by atoms with Crippen molar-refractivity contribution in [2.75, 3.05) is 19.0 Å². The molecule has 4 heteroatoms. The van der Waals surface area contributed by atoms with E-state index in [1.807, 2.05) is 24.3 Å². The van der Waals surface area contributed by atoms with Gasteiger partial charge in [0.25, 0.3) is 0 Å². The summed E-state index contributed by atoms with van der Waals surface area (Å²) in [6.45, 7) is 2.58. The van der Waals surface area contributed by atoms with Crippen molar-refractivity contribution in [3.63, 3.8) is 0 Å². The van der Waals surface area contributed by atoms with Gasteiger partial charge in [-0.15, -0.1) is 0 Å². The predicted octanol–water partition coefficient (Wildman–Crippen LogP) is 2.40. The van der Waals surface area contributed by atoms with Crippen LogP contribution in [0.2, 0.25) is 0 Å². The van der Waals surface area contributed by atoms with Gasteiger partial charge in [0, 0.05) is 18.4 Å². The van der Waals surface area contributed by atoms with Gasteiger partial charge >= 0.3 is 6.09 Å². The van der Waals surface area contributed by atoms with E-state index < -0.39 is 6.09 Å². The molecular formula is C11H15NO3. The Morgan fingerprint density at radius 1 is 1.40 bits per heavy atom. The summed E-state index contributed by atoms with van der Waals surface area (Å²) in [5.74, 6) is 0. The zero-order chi connectivity index (χ0) is 11.1. The number of hydrogen-bond acceptors (Lipinski definition) is 3. The van der Waals surface area contributed by atoms with Crippen molar-refractivity contribution in [3.8, 4) is 0 Å². The molecule has 0 aliphatic rings. The van der Waals surface area contributed by atoms with Crippen molar-refractivity contribution in [2.24, 2.45) is 0 Å². The molecule has 1 amide bonds. The summed E-state index contributed by atoms with van der Waals surface area (Å²) < 4.78 is 9.81. The quantitative estimate of drug-likeness (QED) is 0.828. The highest BCUT2D eigenvalue weighted by Gasteiger charge is 2.05. The fourth-order valence-corrected chi connectivity index (χ4v) is 1.20. The number of rotatable bonds is 4. The van der Waals surface area contributed by atoms with Gasteiger partial charge in [0.2, 0.25) is 0 Å². The number of carbonyl (C=O) groups excluding carboxylic acids is 1. The van der Waals surface area contributed by atoms with Gasteiger partial charge in [-0.3, -0.25) is 5.32 Å². The Labute approximate surface area is 89.2 Å². The van der Waals surface area contributed by atoms with Crippen LogP contribution in [0.5, 0.6) is 0 Å². The lowest BCUT2D eigenvalue weighted by molar-refractivity contribution is 0.167. The summed E-state index contributed by atoms with van der Waals surface area (Å²) in [6.07, 6.45) is -0.443. The third-order valence-electron chi connectivity index (χ3n) is 1.83. The van der Waals surface area contributed by atoms with Crippen LogP contribution < -0.4 is 5.32 Å². The van der Waals surface area contributed by atoms with E-state index in [1.165, 1.54) is 0 Å². The maximum absolute atomic E-state index is 11.2. The summed E-state index contributed by atoms with van der Waals surface area (Å²) >= 11 is 0. The van der Waals surface area contributed by atoms with Gasteiger partial charge in [-0.2, -0.15) is 0 Å². The zero-order valence-electron chi connectivity index (χ0n) is 8.95. The Bertz CT molecular complexity index is 325. The van der Waals surface area contributed by atoms with Gasteiger partial charge in [-0.05, 0) is 13.0 Å². The van der Waals surface area contributed by atoms with E-state index in [2.05, 4.69) is 5.32 Å². The standard InChI is InChI=1S/C11H15NO3/c1-3-15-11(13)12-10-7-5-4-6-9(10)8-14-2/h4-7H,3,8H2,1-2H3,(H,12,13). The lowest BCUT2D eigenvalue weighted by Crippen LogP contribution is -2.14. The van der Waals surface area contributed by atoms with Crippen molar-refractivity contribution in [2.45, 2.75) is 13.5 Å². The number of ether oxygens (including phenoxy) is 2. The fraction of sp³-hybridized carbons (Fsp3) is 0.364. The minimum Gasteiger partial charge on any atom is -0.450 e. The van der Waals surface area contributed by atoms with Gasteiger partial charge in [-0.1, -0.05) is 18.2 Å². The zero-order valence-corrected chi connectivity index (χ0v) is 8.95. The first-order valence-corrected chi connectivity index (χ1v) is 4.78. The van der Waals surface area contributed by atoms with Crippen LogP contribution in [0.25, 0.3) is 0 Å².